The Morgan fingerprint density at radius 1 is 1.56 bits per heavy atom. The van der Waals surface area contributed by atoms with Crippen LogP contribution in [-0.2, 0) is 11.2 Å². The first kappa shape index (κ1) is 12.5. The zero-order valence-electron chi connectivity index (χ0n) is 9.70. The predicted molar refractivity (Wildman–Crippen MR) is 64.3 cm³/mol. The molecule has 0 aromatic heterocycles. The van der Waals surface area contributed by atoms with Gasteiger partial charge in [-0.2, -0.15) is 0 Å². The van der Waals surface area contributed by atoms with Gasteiger partial charge in [-0.25, -0.2) is 0 Å². The molecule has 0 amide bonds. The molecule has 1 aromatic rings. The van der Waals surface area contributed by atoms with E-state index in [1.54, 1.807) is 12.1 Å². The second-order valence-corrected chi connectivity index (χ2v) is 4.53. The molecule has 0 bridgehead atoms. The van der Waals surface area contributed by atoms with Crippen LogP contribution in [0.3, 0.4) is 0 Å². The van der Waals surface area contributed by atoms with Crippen molar-refractivity contribution in [1.29, 1.82) is 0 Å². The number of nitrogens with one attached hydrogen (secondary N) is 1. The average molecular weight is 250 g/mol. The highest BCUT2D eigenvalue weighted by Gasteiger charge is 2.29. The van der Waals surface area contributed by atoms with Gasteiger partial charge >= 0.3 is 5.97 Å². The maximum Gasteiger partial charge on any atom is 0.320 e. The molecular formula is C12H14N2O4. The zero-order chi connectivity index (χ0) is 13.1. The number of aliphatic carboxylic acids is 1. The molecule has 0 saturated carbocycles. The minimum atomic E-state index is -0.837. The van der Waals surface area contributed by atoms with Crippen LogP contribution >= 0.6 is 0 Å². The number of nitro groups is 1. The highest BCUT2D eigenvalue weighted by Crippen LogP contribution is 2.21. The van der Waals surface area contributed by atoms with Gasteiger partial charge in [-0.3, -0.25) is 14.9 Å². The molecular weight excluding hydrogens is 236 g/mol. The smallest absolute Gasteiger partial charge is 0.320 e. The van der Waals surface area contributed by atoms with Crippen molar-refractivity contribution in [2.75, 3.05) is 6.54 Å². The Labute approximate surface area is 104 Å². The lowest BCUT2D eigenvalue weighted by Crippen LogP contribution is -2.29. The van der Waals surface area contributed by atoms with E-state index in [1.165, 1.54) is 6.07 Å². The predicted octanol–water partition coefficient (Wildman–Crippen LogP) is 1.20. The van der Waals surface area contributed by atoms with E-state index in [1.807, 2.05) is 6.07 Å². The molecule has 2 N–H and O–H groups in total. The largest absolute Gasteiger partial charge is 0.480 e. The van der Waals surface area contributed by atoms with E-state index >= 15 is 0 Å². The Morgan fingerprint density at radius 2 is 2.33 bits per heavy atom. The third-order valence-electron chi connectivity index (χ3n) is 3.17. The number of benzene rings is 1. The van der Waals surface area contributed by atoms with Gasteiger partial charge in [-0.1, -0.05) is 12.1 Å². The number of rotatable bonds is 4. The summed E-state index contributed by atoms with van der Waals surface area (Å²) in [5.41, 5.74) is 0.954. The van der Waals surface area contributed by atoms with E-state index in [9.17, 15) is 14.9 Å². The Bertz CT molecular complexity index is 475. The van der Waals surface area contributed by atoms with Crippen LogP contribution in [0.1, 0.15) is 12.0 Å². The van der Waals surface area contributed by atoms with Gasteiger partial charge < -0.3 is 10.4 Å². The first-order chi connectivity index (χ1) is 8.56. The van der Waals surface area contributed by atoms with Gasteiger partial charge in [0.05, 0.1) is 4.92 Å². The number of nitrogens with zero attached hydrogens (tertiary/aromatic N) is 1. The summed E-state index contributed by atoms with van der Waals surface area (Å²) in [7, 11) is 0. The first-order valence-corrected chi connectivity index (χ1v) is 5.76. The maximum absolute atomic E-state index is 10.8. The number of carboxylic acid groups (broad SMARTS) is 1. The summed E-state index contributed by atoms with van der Waals surface area (Å²) in [6.45, 7) is 0.639. The Hall–Kier alpha value is -1.95. The molecule has 1 heterocycles. The van der Waals surface area contributed by atoms with Crippen LogP contribution in [0.4, 0.5) is 5.69 Å². The second-order valence-electron chi connectivity index (χ2n) is 4.53. The SMILES string of the molecule is O=C(O)C1CC(Cc2cccc([N+](=O)[O-])c2)CN1. The fourth-order valence-electron chi connectivity index (χ4n) is 2.28. The first-order valence-electron chi connectivity index (χ1n) is 5.76. The Balaban J connectivity index is 2.00. The molecule has 1 aliphatic rings. The van der Waals surface area contributed by atoms with E-state index in [4.69, 9.17) is 5.11 Å². The van der Waals surface area contributed by atoms with Gasteiger partial charge in [0, 0.05) is 12.1 Å². The van der Waals surface area contributed by atoms with Gasteiger partial charge in [-0.05, 0) is 30.9 Å². The van der Waals surface area contributed by atoms with Crippen LogP contribution < -0.4 is 5.32 Å². The molecule has 1 aliphatic heterocycles. The van der Waals surface area contributed by atoms with Crippen molar-refractivity contribution in [2.24, 2.45) is 5.92 Å². The van der Waals surface area contributed by atoms with E-state index in [0.717, 1.165) is 5.56 Å². The Morgan fingerprint density at radius 3 is 2.94 bits per heavy atom. The molecule has 1 saturated heterocycles. The van der Waals surface area contributed by atoms with Gasteiger partial charge in [0.1, 0.15) is 6.04 Å². The summed E-state index contributed by atoms with van der Waals surface area (Å²) in [5.74, 6) is -0.621. The van der Waals surface area contributed by atoms with Crippen molar-refractivity contribution in [3.8, 4) is 0 Å². The topological polar surface area (TPSA) is 92.5 Å². The highest BCUT2D eigenvalue weighted by molar-refractivity contribution is 5.73. The summed E-state index contributed by atoms with van der Waals surface area (Å²) in [4.78, 5) is 21.0. The molecule has 0 aliphatic carbocycles. The molecule has 0 spiro atoms. The fraction of sp³-hybridized carbons (Fsp3) is 0.417. The van der Waals surface area contributed by atoms with Crippen molar-refractivity contribution in [3.63, 3.8) is 0 Å². The molecule has 1 aromatic carbocycles. The molecule has 96 valence electrons. The third kappa shape index (κ3) is 2.84. The summed E-state index contributed by atoms with van der Waals surface area (Å²) in [5, 5.41) is 22.4. The highest BCUT2D eigenvalue weighted by atomic mass is 16.6. The van der Waals surface area contributed by atoms with Crippen LogP contribution in [0.2, 0.25) is 0 Å². The van der Waals surface area contributed by atoms with Crippen LogP contribution in [0, 0.1) is 16.0 Å². The summed E-state index contributed by atoms with van der Waals surface area (Å²) in [6, 6.07) is 6.00. The van der Waals surface area contributed by atoms with Crippen molar-refractivity contribution in [2.45, 2.75) is 18.9 Å². The lowest BCUT2D eigenvalue weighted by atomic mass is 9.96. The molecule has 6 nitrogen and oxygen atoms in total. The zero-order valence-corrected chi connectivity index (χ0v) is 9.70. The molecule has 2 rings (SSSR count). The summed E-state index contributed by atoms with van der Waals surface area (Å²) in [6.07, 6.45) is 1.23. The number of nitro benzene ring substituents is 1. The lowest BCUT2D eigenvalue weighted by Gasteiger charge is -2.08. The van der Waals surface area contributed by atoms with Crippen LogP contribution in [0.15, 0.2) is 24.3 Å². The maximum atomic E-state index is 10.8. The number of hydrogen-bond donors (Lipinski definition) is 2. The van der Waals surface area contributed by atoms with Crippen molar-refractivity contribution in [3.05, 3.63) is 39.9 Å². The van der Waals surface area contributed by atoms with Crippen molar-refractivity contribution in [1.82, 2.24) is 5.32 Å². The quantitative estimate of drug-likeness (QED) is 0.618. The number of hydrogen-bond acceptors (Lipinski definition) is 4. The van der Waals surface area contributed by atoms with E-state index < -0.39 is 16.9 Å². The van der Waals surface area contributed by atoms with Crippen LogP contribution in [-0.4, -0.2) is 28.6 Å². The molecule has 2 atom stereocenters. The van der Waals surface area contributed by atoms with Crippen molar-refractivity contribution < 1.29 is 14.8 Å². The third-order valence-corrected chi connectivity index (χ3v) is 3.17. The van der Waals surface area contributed by atoms with Gasteiger partial charge in [0.25, 0.3) is 5.69 Å². The summed E-state index contributed by atoms with van der Waals surface area (Å²) >= 11 is 0. The second kappa shape index (κ2) is 5.14. The molecule has 6 heteroatoms. The van der Waals surface area contributed by atoms with Gasteiger partial charge in [0.2, 0.25) is 0 Å². The van der Waals surface area contributed by atoms with Crippen LogP contribution in [0.25, 0.3) is 0 Å². The van der Waals surface area contributed by atoms with Crippen LogP contribution in [0.5, 0.6) is 0 Å². The Kier molecular flexibility index (Phi) is 3.57. The number of carbonyl (C=O) groups is 1. The molecule has 2 unspecified atom stereocenters. The van der Waals surface area contributed by atoms with E-state index in [0.29, 0.717) is 19.4 Å². The lowest BCUT2D eigenvalue weighted by molar-refractivity contribution is -0.384. The minimum Gasteiger partial charge on any atom is -0.480 e. The monoisotopic (exact) mass is 250 g/mol. The standard InChI is InChI=1S/C12H14N2O4/c15-12(16)11-6-9(7-13-11)4-8-2-1-3-10(5-8)14(17)18/h1-3,5,9,11,13H,4,6-7H2,(H,15,16). The summed E-state index contributed by atoms with van der Waals surface area (Å²) < 4.78 is 0. The van der Waals surface area contributed by atoms with Gasteiger partial charge in [0.15, 0.2) is 0 Å². The average Bonchev–Trinajstić information content (AvgIpc) is 2.78. The number of non-ortho nitro benzene ring substituents is 1. The van der Waals surface area contributed by atoms with E-state index in [2.05, 4.69) is 5.32 Å². The molecule has 1 fully saturated rings. The number of carboxylic acids is 1. The van der Waals surface area contributed by atoms with Crippen molar-refractivity contribution >= 4 is 11.7 Å². The van der Waals surface area contributed by atoms with E-state index in [-0.39, 0.29) is 11.6 Å². The molecule has 18 heavy (non-hydrogen) atoms. The van der Waals surface area contributed by atoms with Gasteiger partial charge in [-0.15, -0.1) is 0 Å². The molecule has 0 radical (unpaired) electrons. The minimum absolute atomic E-state index is 0.0771. The fourth-order valence-corrected chi connectivity index (χ4v) is 2.28. The normalized spacial score (nSPS) is 22.9.